The number of piperidine rings is 1. The van der Waals surface area contributed by atoms with Crippen LogP contribution < -0.4 is 5.73 Å². The molecule has 0 saturated carbocycles. The van der Waals surface area contributed by atoms with Crippen LogP contribution in [0.2, 0.25) is 0 Å². The fourth-order valence-electron chi connectivity index (χ4n) is 1.63. The molecule has 0 aromatic carbocycles. The van der Waals surface area contributed by atoms with E-state index in [0.717, 1.165) is 0 Å². The number of nitrogens with zero attached hydrogens (tertiary/aromatic N) is 2. The third kappa shape index (κ3) is 2.08. The summed E-state index contributed by atoms with van der Waals surface area (Å²) in [6, 6.07) is 0. The Balaban J connectivity index is 2.53. The van der Waals surface area contributed by atoms with Crippen molar-refractivity contribution in [2.75, 3.05) is 26.8 Å². The number of aliphatic hydroxyl groups excluding tert-OH is 1. The summed E-state index contributed by atoms with van der Waals surface area (Å²) in [5, 5.41) is 20.6. The number of guanidine groups is 1. The topological polar surface area (TPSA) is 91.3 Å². The van der Waals surface area contributed by atoms with Gasteiger partial charge in [-0.2, -0.15) is 0 Å². The van der Waals surface area contributed by atoms with E-state index < -0.39 is 5.60 Å². The summed E-state index contributed by atoms with van der Waals surface area (Å²) in [4.78, 5) is 1.76. The fourth-order valence-corrected chi connectivity index (χ4v) is 1.63. The Hall–Kier alpha value is -1.01. The third-order valence-corrected chi connectivity index (χ3v) is 2.82. The van der Waals surface area contributed by atoms with Crippen LogP contribution in [-0.2, 0) is 4.74 Å². The molecule has 1 saturated heterocycles. The number of oxime groups is 1. The Morgan fingerprint density at radius 1 is 1.57 bits per heavy atom. The Labute approximate surface area is 82.9 Å². The average Bonchev–Trinajstić information content (AvgIpc) is 2.28. The molecule has 6 nitrogen and oxygen atoms in total. The van der Waals surface area contributed by atoms with E-state index in [4.69, 9.17) is 20.8 Å². The molecule has 0 aromatic heterocycles. The maximum Gasteiger partial charge on any atom is 0.233 e. The van der Waals surface area contributed by atoms with Crippen molar-refractivity contribution in [1.29, 1.82) is 0 Å². The lowest BCUT2D eigenvalue weighted by Gasteiger charge is -2.39. The molecule has 1 fully saturated rings. The lowest BCUT2D eigenvalue weighted by Crippen LogP contribution is -2.51. The smallest absolute Gasteiger partial charge is 0.233 e. The Morgan fingerprint density at radius 2 is 2.14 bits per heavy atom. The van der Waals surface area contributed by atoms with Crippen LogP contribution in [0.5, 0.6) is 0 Å². The summed E-state index contributed by atoms with van der Waals surface area (Å²) < 4.78 is 5.27. The first kappa shape index (κ1) is 11.1. The molecule has 1 heterocycles. The Bertz CT molecular complexity index is 206. The molecular formula is C8H17N3O3. The standard InChI is InChI=1S/C8H17N3O3/c1-14-8(6-12)2-4-11(5-3-8)7(9)10-13/h12-13H,2-6H2,1H3,(H2,9,10). The van der Waals surface area contributed by atoms with E-state index in [9.17, 15) is 0 Å². The summed E-state index contributed by atoms with van der Waals surface area (Å²) in [6.07, 6.45) is 1.35. The van der Waals surface area contributed by atoms with Gasteiger partial charge in [0.2, 0.25) is 5.96 Å². The van der Waals surface area contributed by atoms with Crippen molar-refractivity contribution in [3.8, 4) is 0 Å². The van der Waals surface area contributed by atoms with Gasteiger partial charge in [0.1, 0.15) is 0 Å². The van der Waals surface area contributed by atoms with Crippen molar-refractivity contribution in [3.63, 3.8) is 0 Å². The number of aliphatic hydroxyl groups is 1. The van der Waals surface area contributed by atoms with E-state index in [1.807, 2.05) is 0 Å². The second kappa shape index (κ2) is 4.47. The number of hydrogen-bond donors (Lipinski definition) is 3. The average molecular weight is 203 g/mol. The first-order valence-electron chi connectivity index (χ1n) is 4.56. The Kier molecular flexibility index (Phi) is 3.54. The minimum Gasteiger partial charge on any atom is -0.408 e. The van der Waals surface area contributed by atoms with Crippen molar-refractivity contribution in [1.82, 2.24) is 4.90 Å². The summed E-state index contributed by atoms with van der Waals surface area (Å²) in [5.74, 6) is 0.118. The molecule has 0 aliphatic carbocycles. The molecule has 0 spiro atoms. The van der Waals surface area contributed by atoms with E-state index in [-0.39, 0.29) is 12.6 Å². The van der Waals surface area contributed by atoms with Crippen molar-refractivity contribution in [2.45, 2.75) is 18.4 Å². The molecule has 0 aromatic rings. The third-order valence-electron chi connectivity index (χ3n) is 2.82. The van der Waals surface area contributed by atoms with Gasteiger partial charge >= 0.3 is 0 Å². The van der Waals surface area contributed by atoms with Crippen LogP contribution >= 0.6 is 0 Å². The molecule has 14 heavy (non-hydrogen) atoms. The highest BCUT2D eigenvalue weighted by Crippen LogP contribution is 2.24. The molecule has 1 aliphatic rings. The lowest BCUT2D eigenvalue weighted by molar-refractivity contribution is -0.0817. The molecule has 0 bridgehead atoms. The highest BCUT2D eigenvalue weighted by atomic mass is 16.5. The zero-order valence-electron chi connectivity index (χ0n) is 8.31. The van der Waals surface area contributed by atoms with Gasteiger partial charge in [0.15, 0.2) is 0 Å². The number of nitrogens with two attached hydrogens (primary N) is 1. The number of methoxy groups -OCH3 is 1. The highest BCUT2D eigenvalue weighted by molar-refractivity contribution is 5.77. The minimum absolute atomic E-state index is 0.00745. The molecule has 0 radical (unpaired) electrons. The predicted molar refractivity (Wildman–Crippen MR) is 51.0 cm³/mol. The van der Waals surface area contributed by atoms with E-state index in [1.54, 1.807) is 12.0 Å². The zero-order valence-corrected chi connectivity index (χ0v) is 8.31. The van der Waals surface area contributed by atoms with Crippen LogP contribution in [0.3, 0.4) is 0 Å². The van der Waals surface area contributed by atoms with E-state index in [0.29, 0.717) is 25.9 Å². The van der Waals surface area contributed by atoms with Crippen molar-refractivity contribution in [2.24, 2.45) is 10.9 Å². The van der Waals surface area contributed by atoms with Crippen LogP contribution in [0.15, 0.2) is 5.16 Å². The molecule has 1 aliphatic heterocycles. The SMILES string of the molecule is COC1(CO)CCN(/C(N)=N/O)CC1. The van der Waals surface area contributed by atoms with Gasteiger partial charge in [-0.25, -0.2) is 0 Å². The predicted octanol–water partition coefficient (Wildman–Crippen LogP) is -0.836. The van der Waals surface area contributed by atoms with Crippen molar-refractivity contribution < 1.29 is 15.1 Å². The second-order valence-electron chi connectivity index (χ2n) is 3.49. The van der Waals surface area contributed by atoms with Crippen LogP contribution in [0, 0.1) is 0 Å². The normalized spacial score (nSPS) is 22.4. The summed E-state index contributed by atoms with van der Waals surface area (Å²) in [5.41, 5.74) is 4.99. The zero-order chi connectivity index (χ0) is 10.6. The van der Waals surface area contributed by atoms with E-state index in [2.05, 4.69) is 5.16 Å². The largest absolute Gasteiger partial charge is 0.408 e. The molecule has 0 unspecified atom stereocenters. The minimum atomic E-state index is -0.452. The number of rotatable bonds is 2. The van der Waals surface area contributed by atoms with Gasteiger partial charge in [0.25, 0.3) is 0 Å². The van der Waals surface area contributed by atoms with Gasteiger partial charge < -0.3 is 25.7 Å². The number of likely N-dealkylation sites (tertiary alicyclic amines) is 1. The van der Waals surface area contributed by atoms with Crippen molar-refractivity contribution >= 4 is 5.96 Å². The number of hydrogen-bond acceptors (Lipinski definition) is 4. The van der Waals surface area contributed by atoms with Crippen LogP contribution in [0.4, 0.5) is 0 Å². The first-order chi connectivity index (χ1) is 6.67. The second-order valence-corrected chi connectivity index (χ2v) is 3.49. The lowest BCUT2D eigenvalue weighted by atomic mass is 9.92. The summed E-state index contributed by atoms with van der Waals surface area (Å²) >= 11 is 0. The van der Waals surface area contributed by atoms with Gasteiger partial charge in [0.05, 0.1) is 12.2 Å². The maximum atomic E-state index is 9.17. The molecular weight excluding hydrogens is 186 g/mol. The first-order valence-corrected chi connectivity index (χ1v) is 4.56. The molecule has 82 valence electrons. The summed E-state index contributed by atoms with van der Waals surface area (Å²) in [6.45, 7) is 1.27. The van der Waals surface area contributed by atoms with Gasteiger partial charge in [-0.1, -0.05) is 5.16 Å². The van der Waals surface area contributed by atoms with Crippen LogP contribution in [0.25, 0.3) is 0 Å². The van der Waals surface area contributed by atoms with Crippen molar-refractivity contribution in [3.05, 3.63) is 0 Å². The molecule has 1 rings (SSSR count). The summed E-state index contributed by atoms with van der Waals surface area (Å²) in [7, 11) is 1.59. The fraction of sp³-hybridized carbons (Fsp3) is 0.875. The quantitative estimate of drug-likeness (QED) is 0.236. The monoisotopic (exact) mass is 203 g/mol. The molecule has 0 atom stereocenters. The van der Waals surface area contributed by atoms with E-state index >= 15 is 0 Å². The maximum absolute atomic E-state index is 9.17. The van der Waals surface area contributed by atoms with Crippen LogP contribution in [0.1, 0.15) is 12.8 Å². The van der Waals surface area contributed by atoms with E-state index in [1.165, 1.54) is 0 Å². The molecule has 6 heteroatoms. The van der Waals surface area contributed by atoms with Crippen LogP contribution in [-0.4, -0.2) is 53.6 Å². The van der Waals surface area contributed by atoms with Gasteiger partial charge in [-0.3, -0.25) is 0 Å². The number of ether oxygens (including phenoxy) is 1. The molecule has 4 N–H and O–H groups in total. The van der Waals surface area contributed by atoms with Gasteiger partial charge in [0, 0.05) is 20.2 Å². The molecule has 0 amide bonds. The highest BCUT2D eigenvalue weighted by Gasteiger charge is 2.34. The van der Waals surface area contributed by atoms with Gasteiger partial charge in [-0.05, 0) is 12.8 Å². The Morgan fingerprint density at radius 3 is 2.50 bits per heavy atom. The van der Waals surface area contributed by atoms with Gasteiger partial charge in [-0.15, -0.1) is 0 Å².